The van der Waals surface area contributed by atoms with E-state index in [2.05, 4.69) is 9.62 Å². The predicted octanol–water partition coefficient (Wildman–Crippen LogP) is 1.81. The molecule has 0 bridgehead atoms. The van der Waals surface area contributed by atoms with Crippen LogP contribution in [0.1, 0.15) is 58.8 Å². The summed E-state index contributed by atoms with van der Waals surface area (Å²) >= 11 is 0. The van der Waals surface area contributed by atoms with Crippen LogP contribution >= 0.6 is 0 Å². The van der Waals surface area contributed by atoms with Crippen LogP contribution in [-0.4, -0.2) is 55.3 Å². The molecule has 7 heteroatoms. The van der Waals surface area contributed by atoms with Gasteiger partial charge in [-0.2, -0.15) is 0 Å². The fraction of sp³-hybridized carbons (Fsp3) is 0.938. The van der Waals surface area contributed by atoms with Gasteiger partial charge in [0.25, 0.3) is 0 Å². The molecule has 1 aliphatic carbocycles. The minimum Gasteiger partial charge on any atom is -0.481 e. The molecule has 2 N–H and O–H groups in total. The van der Waals surface area contributed by atoms with Crippen LogP contribution in [0.15, 0.2) is 0 Å². The Morgan fingerprint density at radius 1 is 1.22 bits per heavy atom. The van der Waals surface area contributed by atoms with E-state index in [0.717, 1.165) is 38.6 Å². The van der Waals surface area contributed by atoms with E-state index in [-0.39, 0.29) is 11.3 Å². The molecule has 23 heavy (non-hydrogen) atoms. The van der Waals surface area contributed by atoms with Crippen molar-refractivity contribution >= 4 is 16.0 Å². The summed E-state index contributed by atoms with van der Waals surface area (Å²) in [6.07, 6.45) is 6.18. The maximum atomic E-state index is 12.6. The van der Waals surface area contributed by atoms with E-state index in [1.807, 2.05) is 0 Å². The van der Waals surface area contributed by atoms with Gasteiger partial charge in [-0.05, 0) is 59.0 Å². The highest BCUT2D eigenvalue weighted by Gasteiger charge is 2.34. The normalized spacial score (nSPS) is 24.9. The number of carbonyl (C=O) groups is 1. The Hall–Kier alpha value is -0.660. The summed E-state index contributed by atoms with van der Waals surface area (Å²) in [5.41, 5.74) is -0.770. The lowest BCUT2D eigenvalue weighted by atomic mass is 9.89. The number of piperidine rings is 1. The van der Waals surface area contributed by atoms with Gasteiger partial charge >= 0.3 is 5.97 Å². The van der Waals surface area contributed by atoms with E-state index in [9.17, 15) is 18.3 Å². The Morgan fingerprint density at radius 3 is 2.48 bits per heavy atom. The molecule has 1 saturated heterocycles. The number of carboxylic acid groups (broad SMARTS) is 1. The lowest BCUT2D eigenvalue weighted by Crippen LogP contribution is -2.49. The molecule has 0 radical (unpaired) electrons. The fourth-order valence-electron chi connectivity index (χ4n) is 3.39. The van der Waals surface area contributed by atoms with Crippen LogP contribution in [0.3, 0.4) is 0 Å². The van der Waals surface area contributed by atoms with E-state index >= 15 is 0 Å². The number of hydrogen-bond donors (Lipinski definition) is 2. The van der Waals surface area contributed by atoms with E-state index < -0.39 is 21.4 Å². The van der Waals surface area contributed by atoms with Crippen LogP contribution in [0.5, 0.6) is 0 Å². The van der Waals surface area contributed by atoms with Crippen LogP contribution in [0.2, 0.25) is 0 Å². The molecule has 1 heterocycles. The first-order valence-corrected chi connectivity index (χ1v) is 10.2. The molecule has 1 aliphatic heterocycles. The van der Waals surface area contributed by atoms with Crippen molar-refractivity contribution in [2.24, 2.45) is 5.41 Å². The molecule has 1 saturated carbocycles. The second-order valence-corrected chi connectivity index (χ2v) is 9.64. The molecule has 134 valence electrons. The van der Waals surface area contributed by atoms with Crippen molar-refractivity contribution in [2.75, 3.05) is 19.6 Å². The summed E-state index contributed by atoms with van der Waals surface area (Å²) in [5, 5.41) is 8.82. The number of rotatable bonds is 7. The zero-order valence-electron chi connectivity index (χ0n) is 14.3. The highest BCUT2D eigenvalue weighted by atomic mass is 32.2. The number of nitrogens with one attached hydrogen (secondary N) is 1. The Balaban J connectivity index is 1.88. The van der Waals surface area contributed by atoms with E-state index in [0.29, 0.717) is 25.9 Å². The van der Waals surface area contributed by atoms with Crippen LogP contribution in [0, 0.1) is 5.41 Å². The van der Waals surface area contributed by atoms with Crippen molar-refractivity contribution in [3.8, 4) is 0 Å². The second-order valence-electron chi connectivity index (χ2n) is 7.65. The van der Waals surface area contributed by atoms with Gasteiger partial charge in [-0.25, -0.2) is 13.1 Å². The van der Waals surface area contributed by atoms with Crippen molar-refractivity contribution in [1.82, 2.24) is 9.62 Å². The topological polar surface area (TPSA) is 86.7 Å². The van der Waals surface area contributed by atoms with E-state index in [1.54, 1.807) is 13.8 Å². The van der Waals surface area contributed by atoms with Crippen LogP contribution in [0.4, 0.5) is 0 Å². The van der Waals surface area contributed by atoms with Gasteiger partial charge in [-0.1, -0.05) is 12.8 Å². The predicted molar refractivity (Wildman–Crippen MR) is 89.8 cm³/mol. The van der Waals surface area contributed by atoms with Crippen LogP contribution in [0.25, 0.3) is 0 Å². The molecule has 2 aliphatic rings. The lowest BCUT2D eigenvalue weighted by molar-refractivity contribution is -0.147. The zero-order chi connectivity index (χ0) is 17.1. The lowest BCUT2D eigenvalue weighted by Gasteiger charge is -2.34. The Morgan fingerprint density at radius 2 is 1.87 bits per heavy atom. The average molecular weight is 346 g/mol. The number of carboxylic acids is 1. The maximum absolute atomic E-state index is 12.6. The van der Waals surface area contributed by atoms with Crippen LogP contribution < -0.4 is 4.72 Å². The van der Waals surface area contributed by atoms with Gasteiger partial charge in [0, 0.05) is 12.6 Å². The Bertz CT molecular complexity index is 512. The van der Waals surface area contributed by atoms with Gasteiger partial charge < -0.3 is 10.0 Å². The Labute approximate surface area is 139 Å². The number of aliphatic carboxylic acids is 1. The SMILES string of the molecule is CC(C)(CCN1CCCC(S(=O)(=O)NC2CCCC2)C1)C(=O)O. The number of nitrogens with zero attached hydrogens (tertiary/aromatic N) is 1. The zero-order valence-corrected chi connectivity index (χ0v) is 15.1. The van der Waals surface area contributed by atoms with Crippen molar-refractivity contribution < 1.29 is 18.3 Å². The van der Waals surface area contributed by atoms with Gasteiger partial charge in [0.05, 0.1) is 10.7 Å². The monoisotopic (exact) mass is 346 g/mol. The van der Waals surface area contributed by atoms with Crippen molar-refractivity contribution in [1.29, 1.82) is 0 Å². The maximum Gasteiger partial charge on any atom is 0.309 e. The first-order valence-electron chi connectivity index (χ1n) is 8.67. The average Bonchev–Trinajstić information content (AvgIpc) is 2.97. The molecule has 2 fully saturated rings. The standard InChI is InChI=1S/C16H30N2O4S/c1-16(2,15(19)20)9-11-18-10-5-8-14(12-18)23(21,22)17-13-6-3-4-7-13/h13-14,17H,3-12H2,1-2H3,(H,19,20). The molecule has 2 rings (SSSR count). The highest BCUT2D eigenvalue weighted by Crippen LogP contribution is 2.25. The van der Waals surface area contributed by atoms with E-state index in [4.69, 9.17) is 0 Å². The van der Waals surface area contributed by atoms with Gasteiger partial charge in [-0.3, -0.25) is 4.79 Å². The third kappa shape index (κ3) is 5.16. The molecule has 0 amide bonds. The third-order valence-corrected chi connectivity index (χ3v) is 7.14. The minimum atomic E-state index is -3.28. The first-order chi connectivity index (χ1) is 10.7. The van der Waals surface area contributed by atoms with Gasteiger partial charge in [-0.15, -0.1) is 0 Å². The summed E-state index contributed by atoms with van der Waals surface area (Å²) in [4.78, 5) is 13.3. The summed E-state index contributed by atoms with van der Waals surface area (Å²) in [6.45, 7) is 5.43. The van der Waals surface area contributed by atoms with Crippen molar-refractivity contribution in [2.45, 2.75) is 70.1 Å². The third-order valence-electron chi connectivity index (χ3n) is 5.22. The number of likely N-dealkylation sites (tertiary alicyclic amines) is 1. The molecule has 1 unspecified atom stereocenters. The van der Waals surface area contributed by atoms with Crippen molar-refractivity contribution in [3.05, 3.63) is 0 Å². The molecule has 0 aromatic heterocycles. The van der Waals surface area contributed by atoms with Crippen molar-refractivity contribution in [3.63, 3.8) is 0 Å². The number of hydrogen-bond acceptors (Lipinski definition) is 4. The summed E-state index contributed by atoms with van der Waals surface area (Å²) in [5.74, 6) is -0.804. The molecular weight excluding hydrogens is 316 g/mol. The van der Waals surface area contributed by atoms with Gasteiger partial charge in [0.15, 0.2) is 0 Å². The first kappa shape index (κ1) is 18.7. The summed E-state index contributed by atoms with van der Waals surface area (Å²) in [7, 11) is -3.28. The van der Waals surface area contributed by atoms with Gasteiger partial charge in [0.2, 0.25) is 10.0 Å². The second kappa shape index (κ2) is 7.49. The quantitative estimate of drug-likeness (QED) is 0.734. The molecule has 0 aromatic carbocycles. The number of sulfonamides is 1. The molecule has 1 atom stereocenters. The molecule has 6 nitrogen and oxygen atoms in total. The highest BCUT2D eigenvalue weighted by molar-refractivity contribution is 7.90. The smallest absolute Gasteiger partial charge is 0.309 e. The molecular formula is C16H30N2O4S. The molecule has 0 spiro atoms. The fourth-order valence-corrected chi connectivity index (χ4v) is 5.16. The van der Waals surface area contributed by atoms with E-state index in [1.165, 1.54) is 0 Å². The Kier molecular flexibility index (Phi) is 6.08. The summed E-state index contributed by atoms with van der Waals surface area (Å²) in [6, 6.07) is 0.112. The minimum absolute atomic E-state index is 0.112. The molecule has 0 aromatic rings. The largest absolute Gasteiger partial charge is 0.481 e. The summed E-state index contributed by atoms with van der Waals surface area (Å²) < 4.78 is 28.0. The van der Waals surface area contributed by atoms with Crippen LogP contribution in [-0.2, 0) is 14.8 Å². The van der Waals surface area contributed by atoms with Gasteiger partial charge in [0.1, 0.15) is 0 Å².